The van der Waals surface area contributed by atoms with Gasteiger partial charge in [-0.05, 0) is 42.9 Å². The van der Waals surface area contributed by atoms with Crippen molar-refractivity contribution in [2.75, 3.05) is 19.0 Å². The molecule has 2 atom stereocenters. The van der Waals surface area contributed by atoms with Crippen LogP contribution >= 0.6 is 0 Å². The van der Waals surface area contributed by atoms with E-state index in [1.807, 2.05) is 18.2 Å². The van der Waals surface area contributed by atoms with Gasteiger partial charge >= 0.3 is 0 Å². The van der Waals surface area contributed by atoms with Crippen molar-refractivity contribution in [2.45, 2.75) is 63.8 Å². The van der Waals surface area contributed by atoms with Crippen molar-refractivity contribution in [3.63, 3.8) is 0 Å². The second-order valence-electron chi connectivity index (χ2n) is 9.82. The predicted molar refractivity (Wildman–Crippen MR) is 135 cm³/mol. The predicted octanol–water partition coefficient (Wildman–Crippen LogP) is 5.69. The first-order valence-corrected chi connectivity index (χ1v) is 12.7. The van der Waals surface area contributed by atoms with Crippen molar-refractivity contribution in [3.8, 4) is 11.5 Å². The average Bonchev–Trinajstić information content (AvgIpc) is 3.32. The number of aromatic nitrogens is 3. The van der Waals surface area contributed by atoms with E-state index in [2.05, 4.69) is 27.2 Å². The van der Waals surface area contributed by atoms with E-state index >= 15 is 0 Å². The summed E-state index contributed by atoms with van der Waals surface area (Å²) in [5.41, 5.74) is 2.21. The molecule has 3 aromatic rings. The maximum atomic E-state index is 11.9. The van der Waals surface area contributed by atoms with Crippen LogP contribution in [0.2, 0.25) is 0 Å². The van der Waals surface area contributed by atoms with Crippen molar-refractivity contribution in [1.82, 2.24) is 20.3 Å². The van der Waals surface area contributed by atoms with Crippen molar-refractivity contribution >= 4 is 22.9 Å². The first-order valence-electron chi connectivity index (χ1n) is 12.7. The fourth-order valence-electron chi connectivity index (χ4n) is 5.96. The minimum absolute atomic E-state index is 0.239. The Kier molecular flexibility index (Phi) is 6.70. The number of rotatable bonds is 6. The molecule has 2 aliphatic rings. The highest BCUT2D eigenvalue weighted by molar-refractivity contribution is 5.92. The number of amides is 1. The number of hydrogen-bond donors (Lipinski definition) is 2. The van der Waals surface area contributed by atoms with E-state index in [-0.39, 0.29) is 5.91 Å². The molecule has 1 amide bonds. The number of nitrogens with one attached hydrogen (secondary N) is 2. The number of H-pyrrole nitrogens is 1. The number of benzene rings is 1. The third-order valence-electron chi connectivity index (χ3n) is 7.74. The van der Waals surface area contributed by atoms with E-state index in [0.717, 1.165) is 28.8 Å². The summed E-state index contributed by atoms with van der Waals surface area (Å²) in [4.78, 5) is 26.8. The number of ether oxygens (including phenoxy) is 1. The summed E-state index contributed by atoms with van der Waals surface area (Å²) in [5.74, 6) is 3.60. The molecule has 0 spiro atoms. The summed E-state index contributed by atoms with van der Waals surface area (Å²) in [6, 6.07) is 9.81. The van der Waals surface area contributed by atoms with E-state index in [9.17, 15) is 4.79 Å². The molecule has 2 heterocycles. The Labute approximate surface area is 201 Å². The standard InChI is InChI=1S/C27H35N5O2/c1-28-26(33)24-17-20(14-15-29-24)34-19-12-13-22-23(16-19)31-27(30-22)32(2)25-11-7-6-10-21(25)18-8-4-3-5-9-18/h12-18,21,25H,3-11H2,1-2H3,(H,28,33)(H,30,31). The van der Waals surface area contributed by atoms with Gasteiger partial charge in [-0.3, -0.25) is 9.78 Å². The minimum Gasteiger partial charge on any atom is -0.457 e. The number of pyridine rings is 1. The molecule has 2 aromatic heterocycles. The molecule has 2 aliphatic carbocycles. The third-order valence-corrected chi connectivity index (χ3v) is 7.74. The summed E-state index contributed by atoms with van der Waals surface area (Å²) < 4.78 is 6.02. The minimum atomic E-state index is -0.239. The quantitative estimate of drug-likeness (QED) is 0.493. The number of imidazole rings is 1. The van der Waals surface area contributed by atoms with Crippen LogP contribution in [0.1, 0.15) is 68.3 Å². The fraction of sp³-hybridized carbons (Fsp3) is 0.519. The first-order chi connectivity index (χ1) is 16.6. The number of carbonyl (C=O) groups is 1. The van der Waals surface area contributed by atoms with Gasteiger partial charge in [0, 0.05) is 38.5 Å². The Morgan fingerprint density at radius 1 is 1.03 bits per heavy atom. The Bertz CT molecular complexity index is 1140. The Balaban J connectivity index is 1.34. The van der Waals surface area contributed by atoms with Crippen LogP contribution in [0.15, 0.2) is 36.5 Å². The van der Waals surface area contributed by atoms with E-state index in [1.54, 1.807) is 25.4 Å². The lowest BCUT2D eigenvalue weighted by Gasteiger charge is -2.43. The fourth-order valence-corrected chi connectivity index (χ4v) is 5.96. The molecular formula is C27H35N5O2. The monoisotopic (exact) mass is 461 g/mol. The summed E-state index contributed by atoms with van der Waals surface area (Å²) in [5, 5.41) is 2.59. The highest BCUT2D eigenvalue weighted by Gasteiger charge is 2.35. The molecule has 5 rings (SSSR count). The average molecular weight is 462 g/mol. The molecule has 7 nitrogen and oxygen atoms in total. The van der Waals surface area contributed by atoms with Gasteiger partial charge < -0.3 is 19.9 Å². The molecule has 0 saturated heterocycles. The molecule has 2 saturated carbocycles. The van der Waals surface area contributed by atoms with Crippen LogP contribution in [-0.2, 0) is 0 Å². The molecule has 7 heteroatoms. The van der Waals surface area contributed by atoms with Crippen molar-refractivity contribution in [3.05, 3.63) is 42.2 Å². The van der Waals surface area contributed by atoms with Gasteiger partial charge in [0.25, 0.3) is 5.91 Å². The summed E-state index contributed by atoms with van der Waals surface area (Å²) in [6.45, 7) is 0. The van der Waals surface area contributed by atoms with Gasteiger partial charge in [0.15, 0.2) is 0 Å². The molecule has 1 aromatic carbocycles. The smallest absolute Gasteiger partial charge is 0.269 e. The molecule has 2 N–H and O–H groups in total. The third kappa shape index (κ3) is 4.74. The van der Waals surface area contributed by atoms with Crippen LogP contribution < -0.4 is 15.0 Å². The lowest BCUT2D eigenvalue weighted by atomic mass is 9.70. The van der Waals surface area contributed by atoms with Crippen molar-refractivity contribution in [2.24, 2.45) is 11.8 Å². The zero-order chi connectivity index (χ0) is 23.5. The van der Waals surface area contributed by atoms with Gasteiger partial charge in [-0.1, -0.05) is 44.9 Å². The van der Waals surface area contributed by atoms with E-state index in [1.165, 1.54) is 57.8 Å². The zero-order valence-corrected chi connectivity index (χ0v) is 20.2. The van der Waals surface area contributed by atoms with E-state index in [4.69, 9.17) is 9.72 Å². The van der Waals surface area contributed by atoms with Crippen LogP contribution in [0.4, 0.5) is 5.95 Å². The van der Waals surface area contributed by atoms with Gasteiger partial charge in [-0.2, -0.15) is 0 Å². The van der Waals surface area contributed by atoms with Crippen molar-refractivity contribution in [1.29, 1.82) is 0 Å². The second kappa shape index (κ2) is 10.0. The highest BCUT2D eigenvalue weighted by atomic mass is 16.5. The molecule has 0 radical (unpaired) electrons. The first kappa shape index (κ1) is 22.7. The number of fused-ring (bicyclic) bond motifs is 1. The lowest BCUT2D eigenvalue weighted by molar-refractivity contribution is 0.0958. The second-order valence-corrected chi connectivity index (χ2v) is 9.82. The van der Waals surface area contributed by atoms with Crippen molar-refractivity contribution < 1.29 is 9.53 Å². The summed E-state index contributed by atoms with van der Waals surface area (Å²) in [6.07, 6.45) is 13.8. The largest absolute Gasteiger partial charge is 0.457 e. The number of hydrogen-bond acceptors (Lipinski definition) is 5. The maximum absolute atomic E-state index is 11.9. The van der Waals surface area contributed by atoms with Crippen LogP contribution in [0.3, 0.4) is 0 Å². The zero-order valence-electron chi connectivity index (χ0n) is 20.2. The molecule has 0 bridgehead atoms. The molecule has 2 unspecified atom stereocenters. The Morgan fingerprint density at radius 3 is 2.62 bits per heavy atom. The molecule has 34 heavy (non-hydrogen) atoms. The van der Waals surface area contributed by atoms with Gasteiger partial charge in [-0.25, -0.2) is 4.98 Å². The Morgan fingerprint density at radius 2 is 1.79 bits per heavy atom. The van der Waals surface area contributed by atoms with Crippen LogP contribution in [-0.4, -0.2) is 41.0 Å². The number of aromatic amines is 1. The lowest BCUT2D eigenvalue weighted by Crippen LogP contribution is -2.44. The molecule has 0 aliphatic heterocycles. The highest BCUT2D eigenvalue weighted by Crippen LogP contribution is 2.41. The normalized spacial score (nSPS) is 21.4. The van der Waals surface area contributed by atoms with Gasteiger partial charge in [0.05, 0.1) is 11.0 Å². The molecular weight excluding hydrogens is 426 g/mol. The topological polar surface area (TPSA) is 83.1 Å². The summed E-state index contributed by atoms with van der Waals surface area (Å²) >= 11 is 0. The SMILES string of the molecule is CNC(=O)c1cc(Oc2ccc3nc(N(C)C4CCCCC4C4CCCCC4)[nH]c3c2)ccn1. The van der Waals surface area contributed by atoms with Crippen LogP contribution in [0, 0.1) is 11.8 Å². The van der Waals surface area contributed by atoms with Crippen LogP contribution in [0.5, 0.6) is 11.5 Å². The number of carbonyl (C=O) groups excluding carboxylic acids is 1. The molecule has 180 valence electrons. The van der Waals surface area contributed by atoms with Gasteiger partial charge in [-0.15, -0.1) is 0 Å². The van der Waals surface area contributed by atoms with E-state index in [0.29, 0.717) is 23.2 Å². The Hall–Kier alpha value is -3.09. The van der Waals surface area contributed by atoms with Crippen LogP contribution in [0.25, 0.3) is 11.0 Å². The van der Waals surface area contributed by atoms with Gasteiger partial charge in [0.2, 0.25) is 5.95 Å². The van der Waals surface area contributed by atoms with E-state index < -0.39 is 0 Å². The molecule has 2 fully saturated rings. The summed E-state index contributed by atoms with van der Waals surface area (Å²) in [7, 11) is 3.79. The van der Waals surface area contributed by atoms with Gasteiger partial charge in [0.1, 0.15) is 17.2 Å². The number of anilines is 1. The number of nitrogens with zero attached hydrogens (tertiary/aromatic N) is 3. The maximum Gasteiger partial charge on any atom is 0.269 e.